The Kier molecular flexibility index (Phi) is 4.67. The van der Waals surface area contributed by atoms with Gasteiger partial charge >= 0.3 is 5.97 Å². The molecule has 2 aromatic rings. The van der Waals surface area contributed by atoms with Crippen molar-refractivity contribution in [3.63, 3.8) is 0 Å². The molecule has 0 amide bonds. The molecule has 0 bridgehead atoms. The van der Waals surface area contributed by atoms with Crippen LogP contribution in [0.4, 0.5) is 0 Å². The van der Waals surface area contributed by atoms with Crippen LogP contribution in [0.3, 0.4) is 0 Å². The molecule has 0 aromatic heterocycles. The number of carboxylic acid groups (broad SMARTS) is 1. The van der Waals surface area contributed by atoms with Crippen molar-refractivity contribution in [3.8, 4) is 0 Å². The molecule has 1 aliphatic rings. The molecule has 3 rings (SSSR count). The highest BCUT2D eigenvalue weighted by Crippen LogP contribution is 2.63. The molecule has 0 heterocycles. The van der Waals surface area contributed by atoms with E-state index in [2.05, 4.69) is 0 Å². The molecule has 26 heavy (non-hydrogen) atoms. The molecule has 0 saturated heterocycles. The quantitative estimate of drug-likeness (QED) is 0.811. The van der Waals surface area contributed by atoms with Crippen molar-refractivity contribution in [1.82, 2.24) is 0 Å². The number of carbonyl (C=O) groups is 1. The van der Waals surface area contributed by atoms with Crippen LogP contribution in [0.2, 0.25) is 0 Å². The van der Waals surface area contributed by atoms with Crippen LogP contribution in [0.1, 0.15) is 29.5 Å². The second-order valence-electron chi connectivity index (χ2n) is 6.90. The number of carboxylic acids is 1. The second-order valence-corrected chi connectivity index (χ2v) is 8.97. The molecule has 0 radical (unpaired) electrons. The molecule has 138 valence electrons. The van der Waals surface area contributed by atoms with Gasteiger partial charge in [-0.05, 0) is 36.6 Å². The van der Waals surface area contributed by atoms with Gasteiger partial charge < -0.3 is 10.8 Å². The fourth-order valence-electron chi connectivity index (χ4n) is 3.75. The highest BCUT2D eigenvalue weighted by atomic mass is 32.2. The third-order valence-corrected chi connectivity index (χ3v) is 7.71. The van der Waals surface area contributed by atoms with Gasteiger partial charge in [0.2, 0.25) is 0 Å². The zero-order valence-electron chi connectivity index (χ0n) is 14.8. The van der Waals surface area contributed by atoms with E-state index in [0.29, 0.717) is 5.56 Å². The van der Waals surface area contributed by atoms with Gasteiger partial charge in [0, 0.05) is 12.5 Å². The van der Waals surface area contributed by atoms with Crippen molar-refractivity contribution in [1.29, 1.82) is 0 Å². The van der Waals surface area contributed by atoms with Crippen LogP contribution in [0.5, 0.6) is 0 Å². The zero-order valence-corrected chi connectivity index (χ0v) is 15.7. The molecule has 6 heteroatoms. The summed E-state index contributed by atoms with van der Waals surface area (Å²) in [4.78, 5) is 12.2. The van der Waals surface area contributed by atoms with E-state index in [1.807, 2.05) is 38.1 Å². The van der Waals surface area contributed by atoms with Crippen LogP contribution < -0.4 is 5.73 Å². The highest BCUT2D eigenvalue weighted by molar-refractivity contribution is 7.92. The summed E-state index contributed by atoms with van der Waals surface area (Å²) in [5.74, 6) is -1.81. The molecule has 1 fully saturated rings. The predicted octanol–water partition coefficient (Wildman–Crippen LogP) is 2.53. The van der Waals surface area contributed by atoms with Gasteiger partial charge in [-0.1, -0.05) is 48.9 Å². The van der Waals surface area contributed by atoms with E-state index in [1.54, 1.807) is 12.1 Å². The molecule has 3 atom stereocenters. The maximum Gasteiger partial charge on any atom is 0.312 e. The molecule has 0 spiro atoms. The summed E-state index contributed by atoms with van der Waals surface area (Å²) in [7, 11) is -3.82. The summed E-state index contributed by atoms with van der Waals surface area (Å²) in [6, 6.07) is 13.9. The Morgan fingerprint density at radius 2 is 1.69 bits per heavy atom. The van der Waals surface area contributed by atoms with E-state index >= 15 is 0 Å². The topological polar surface area (TPSA) is 97.5 Å². The number of benzene rings is 2. The first kappa shape index (κ1) is 18.6. The monoisotopic (exact) mass is 373 g/mol. The summed E-state index contributed by atoms with van der Waals surface area (Å²) in [5.41, 5.74) is 7.06. The molecule has 3 N–H and O–H groups in total. The lowest BCUT2D eigenvalue weighted by atomic mass is 9.98. The maximum absolute atomic E-state index is 13.2. The lowest BCUT2D eigenvalue weighted by Gasteiger charge is -2.10. The van der Waals surface area contributed by atoms with Gasteiger partial charge in [-0.2, -0.15) is 0 Å². The Morgan fingerprint density at radius 3 is 2.15 bits per heavy atom. The number of nitrogens with two attached hydrogens (primary N) is 1. The Balaban J connectivity index is 2.08. The van der Waals surface area contributed by atoms with Crippen molar-refractivity contribution in [2.24, 2.45) is 11.1 Å². The van der Waals surface area contributed by atoms with Gasteiger partial charge in [-0.3, -0.25) is 4.79 Å². The number of aryl methyl sites for hydroxylation is 2. The largest absolute Gasteiger partial charge is 0.481 e. The summed E-state index contributed by atoms with van der Waals surface area (Å²) in [5, 5.41) is 8.75. The normalized spacial score (nSPS) is 25.0. The maximum atomic E-state index is 13.2. The van der Waals surface area contributed by atoms with Gasteiger partial charge in [-0.15, -0.1) is 0 Å². The second kappa shape index (κ2) is 6.52. The molecule has 5 nitrogen and oxygen atoms in total. The number of hydrogen-bond acceptors (Lipinski definition) is 4. The van der Waals surface area contributed by atoms with E-state index in [9.17, 15) is 18.3 Å². The summed E-state index contributed by atoms with van der Waals surface area (Å²) < 4.78 is 26.3. The first-order valence-electron chi connectivity index (χ1n) is 8.62. The average molecular weight is 373 g/mol. The molecule has 0 unspecified atom stereocenters. The summed E-state index contributed by atoms with van der Waals surface area (Å²) in [6.07, 6.45) is 0.858. The van der Waals surface area contributed by atoms with Crippen LogP contribution in [0.25, 0.3) is 0 Å². The minimum atomic E-state index is -3.82. The number of rotatable bonds is 6. The molecular weight excluding hydrogens is 350 g/mol. The fraction of sp³-hybridized carbons (Fsp3) is 0.350. The molecule has 1 saturated carbocycles. The Morgan fingerprint density at radius 1 is 1.12 bits per heavy atom. The summed E-state index contributed by atoms with van der Waals surface area (Å²) in [6.45, 7) is 3.67. The van der Waals surface area contributed by atoms with E-state index in [1.165, 1.54) is 12.1 Å². The molecule has 2 aromatic carbocycles. The van der Waals surface area contributed by atoms with Gasteiger partial charge in [0.15, 0.2) is 9.84 Å². The minimum Gasteiger partial charge on any atom is -0.481 e. The highest BCUT2D eigenvalue weighted by Gasteiger charge is 2.75. The number of hydrogen-bond donors (Lipinski definition) is 2. The van der Waals surface area contributed by atoms with Crippen LogP contribution in [0.15, 0.2) is 53.4 Å². The minimum absolute atomic E-state index is 0.139. The first-order chi connectivity index (χ1) is 12.3. The predicted molar refractivity (Wildman–Crippen MR) is 99.8 cm³/mol. The molecule has 1 aliphatic carbocycles. The lowest BCUT2D eigenvalue weighted by molar-refractivity contribution is -0.143. The van der Waals surface area contributed by atoms with E-state index in [4.69, 9.17) is 5.73 Å². The third-order valence-electron chi connectivity index (χ3n) is 5.42. The first-order valence-corrected chi connectivity index (χ1v) is 10.2. The molecule has 0 aliphatic heterocycles. The van der Waals surface area contributed by atoms with Gasteiger partial charge in [0.25, 0.3) is 0 Å². The van der Waals surface area contributed by atoms with Gasteiger partial charge in [0.1, 0.15) is 5.41 Å². The van der Waals surface area contributed by atoms with Crippen molar-refractivity contribution >= 4 is 15.8 Å². The number of sulfone groups is 1. The number of aliphatic carboxylic acids is 1. The average Bonchev–Trinajstić information content (AvgIpc) is 3.34. The zero-order chi connectivity index (χ0) is 19.1. The Labute approximate surface area is 153 Å². The SMILES string of the molecule is CCc1ccc([C@@H]2[C@@H](S(=O)(=O)c3ccc(C)cc3)[C@@]2(CN)C(=O)O)cc1. The van der Waals surface area contributed by atoms with Crippen LogP contribution in [0, 0.1) is 12.3 Å². The Bertz CT molecular complexity index is 919. The van der Waals surface area contributed by atoms with Crippen molar-refractivity contribution in [2.45, 2.75) is 36.3 Å². The Hall–Kier alpha value is -2.18. The molecular formula is C20H23NO4S. The third kappa shape index (κ3) is 2.73. The van der Waals surface area contributed by atoms with Crippen molar-refractivity contribution < 1.29 is 18.3 Å². The van der Waals surface area contributed by atoms with E-state index in [-0.39, 0.29) is 11.4 Å². The standard InChI is InChI=1S/C20H23NO4S/c1-3-14-6-8-15(9-7-14)17-18(20(17,12-21)19(22)23)26(24,25)16-10-4-13(2)5-11-16/h4-11,17-18H,3,12,21H2,1-2H3,(H,22,23)/t17-,18-,20+/m1/s1. The van der Waals surface area contributed by atoms with Crippen molar-refractivity contribution in [2.75, 3.05) is 6.54 Å². The smallest absolute Gasteiger partial charge is 0.312 e. The van der Waals surface area contributed by atoms with Crippen LogP contribution >= 0.6 is 0 Å². The van der Waals surface area contributed by atoms with E-state index < -0.39 is 32.4 Å². The van der Waals surface area contributed by atoms with E-state index in [0.717, 1.165) is 17.5 Å². The van der Waals surface area contributed by atoms with Crippen LogP contribution in [-0.2, 0) is 21.1 Å². The lowest BCUT2D eigenvalue weighted by Crippen LogP contribution is -2.31. The van der Waals surface area contributed by atoms with Crippen molar-refractivity contribution in [3.05, 3.63) is 65.2 Å². The van der Waals surface area contributed by atoms with Gasteiger partial charge in [0.05, 0.1) is 10.1 Å². The van der Waals surface area contributed by atoms with Crippen LogP contribution in [-0.4, -0.2) is 31.3 Å². The fourth-order valence-corrected chi connectivity index (χ4v) is 6.14. The van der Waals surface area contributed by atoms with Gasteiger partial charge in [-0.25, -0.2) is 8.42 Å². The summed E-state index contributed by atoms with van der Waals surface area (Å²) >= 11 is 0.